The summed E-state index contributed by atoms with van der Waals surface area (Å²) in [4.78, 5) is 3.64. The van der Waals surface area contributed by atoms with Gasteiger partial charge in [0.1, 0.15) is 11.6 Å². The summed E-state index contributed by atoms with van der Waals surface area (Å²) in [5, 5.41) is 0. The molecule has 5 heteroatoms. The molecule has 2 nitrogen and oxygen atoms in total. The molecular formula is C12H9BrF2N2. The van der Waals surface area contributed by atoms with Crippen LogP contribution in [0.3, 0.4) is 0 Å². The van der Waals surface area contributed by atoms with E-state index in [0.29, 0.717) is 10.0 Å². The molecule has 1 unspecified atom stereocenters. The van der Waals surface area contributed by atoms with Gasteiger partial charge >= 0.3 is 0 Å². The predicted octanol–water partition coefficient (Wildman–Crippen LogP) is 3.17. The Bertz CT molecular complexity index is 526. The van der Waals surface area contributed by atoms with E-state index in [-0.39, 0.29) is 5.56 Å². The highest BCUT2D eigenvalue weighted by Gasteiger charge is 2.14. The van der Waals surface area contributed by atoms with Crippen molar-refractivity contribution >= 4 is 15.9 Å². The van der Waals surface area contributed by atoms with Crippen molar-refractivity contribution in [3.63, 3.8) is 0 Å². The molecule has 0 saturated heterocycles. The molecule has 0 amide bonds. The van der Waals surface area contributed by atoms with Crippen LogP contribution in [0.4, 0.5) is 8.78 Å². The average molecular weight is 299 g/mol. The lowest BCUT2D eigenvalue weighted by Crippen LogP contribution is -2.14. The molecule has 0 fully saturated rings. The van der Waals surface area contributed by atoms with Crippen LogP contribution in [0.25, 0.3) is 0 Å². The van der Waals surface area contributed by atoms with Crippen LogP contribution < -0.4 is 5.73 Å². The van der Waals surface area contributed by atoms with Gasteiger partial charge in [0.15, 0.2) is 0 Å². The number of hydrogen-bond acceptors (Lipinski definition) is 2. The molecule has 17 heavy (non-hydrogen) atoms. The number of aromatic nitrogens is 1. The molecule has 0 saturated carbocycles. The number of nitrogens with zero attached hydrogens (tertiary/aromatic N) is 1. The summed E-state index contributed by atoms with van der Waals surface area (Å²) in [5.41, 5.74) is 6.69. The fraction of sp³-hybridized carbons (Fsp3) is 0.0833. The minimum absolute atomic E-state index is 0.289. The molecule has 0 aliphatic rings. The molecule has 0 radical (unpaired) electrons. The van der Waals surface area contributed by atoms with Crippen LogP contribution in [-0.2, 0) is 0 Å². The number of hydrogen-bond donors (Lipinski definition) is 1. The number of pyridine rings is 1. The first-order valence-electron chi connectivity index (χ1n) is 4.89. The van der Waals surface area contributed by atoms with E-state index in [1.54, 1.807) is 6.07 Å². The van der Waals surface area contributed by atoms with E-state index in [1.165, 1.54) is 24.4 Å². The third-order valence-corrected chi connectivity index (χ3v) is 2.84. The Morgan fingerprint density at radius 3 is 2.65 bits per heavy atom. The zero-order chi connectivity index (χ0) is 12.4. The van der Waals surface area contributed by atoms with Crippen molar-refractivity contribution in [3.05, 3.63) is 63.9 Å². The molecule has 1 atom stereocenters. The topological polar surface area (TPSA) is 38.9 Å². The normalized spacial score (nSPS) is 12.5. The highest BCUT2D eigenvalue weighted by atomic mass is 79.9. The molecule has 88 valence electrons. The van der Waals surface area contributed by atoms with Crippen molar-refractivity contribution in [2.75, 3.05) is 0 Å². The van der Waals surface area contributed by atoms with Gasteiger partial charge in [0.05, 0.1) is 12.2 Å². The van der Waals surface area contributed by atoms with Crippen molar-refractivity contribution in [1.82, 2.24) is 4.98 Å². The average Bonchev–Trinajstić information content (AvgIpc) is 2.27. The van der Waals surface area contributed by atoms with Crippen LogP contribution >= 0.6 is 15.9 Å². The smallest absolute Gasteiger partial charge is 0.146 e. The first-order valence-corrected chi connectivity index (χ1v) is 5.68. The van der Waals surface area contributed by atoms with Crippen molar-refractivity contribution in [3.8, 4) is 0 Å². The van der Waals surface area contributed by atoms with Crippen LogP contribution in [0.1, 0.15) is 17.2 Å². The Hall–Kier alpha value is -1.33. The lowest BCUT2D eigenvalue weighted by molar-refractivity contribution is 0.590. The van der Waals surface area contributed by atoms with Gasteiger partial charge in [-0.2, -0.15) is 0 Å². The number of nitrogens with two attached hydrogens (primary N) is 1. The highest BCUT2D eigenvalue weighted by Crippen LogP contribution is 2.25. The van der Waals surface area contributed by atoms with Crippen molar-refractivity contribution < 1.29 is 8.78 Å². The Kier molecular flexibility index (Phi) is 3.49. The van der Waals surface area contributed by atoms with Gasteiger partial charge in [-0.1, -0.05) is 15.9 Å². The van der Waals surface area contributed by atoms with E-state index < -0.39 is 17.7 Å². The maximum absolute atomic E-state index is 13.5. The lowest BCUT2D eigenvalue weighted by Gasteiger charge is -2.13. The summed E-state index contributed by atoms with van der Waals surface area (Å²) in [7, 11) is 0. The largest absolute Gasteiger partial charge is 0.320 e. The fourth-order valence-corrected chi connectivity index (χ4v) is 2.06. The number of benzene rings is 1. The van der Waals surface area contributed by atoms with Gasteiger partial charge in [-0.25, -0.2) is 8.78 Å². The van der Waals surface area contributed by atoms with Crippen LogP contribution in [0.5, 0.6) is 0 Å². The monoisotopic (exact) mass is 298 g/mol. The van der Waals surface area contributed by atoms with Gasteiger partial charge in [-0.05, 0) is 29.8 Å². The Morgan fingerprint density at radius 1 is 1.24 bits per heavy atom. The Labute approximate surface area is 106 Å². The molecule has 0 spiro atoms. The summed E-state index contributed by atoms with van der Waals surface area (Å²) in [5.74, 6) is -0.917. The molecule has 0 aliphatic carbocycles. The van der Waals surface area contributed by atoms with Gasteiger partial charge in [0.2, 0.25) is 0 Å². The Balaban J connectivity index is 2.43. The predicted molar refractivity (Wildman–Crippen MR) is 64.3 cm³/mol. The maximum atomic E-state index is 13.5. The second kappa shape index (κ2) is 4.89. The second-order valence-electron chi connectivity index (χ2n) is 3.58. The first-order chi connectivity index (χ1) is 8.08. The number of rotatable bonds is 2. The van der Waals surface area contributed by atoms with E-state index in [1.807, 2.05) is 0 Å². The van der Waals surface area contributed by atoms with E-state index in [9.17, 15) is 8.78 Å². The van der Waals surface area contributed by atoms with Crippen LogP contribution in [-0.4, -0.2) is 4.98 Å². The van der Waals surface area contributed by atoms with E-state index in [4.69, 9.17) is 5.73 Å². The summed E-state index contributed by atoms with van der Waals surface area (Å²) in [6, 6.07) is 5.03. The minimum Gasteiger partial charge on any atom is -0.320 e. The quantitative estimate of drug-likeness (QED) is 0.925. The van der Waals surface area contributed by atoms with Crippen molar-refractivity contribution in [1.29, 1.82) is 0 Å². The molecule has 1 aromatic heterocycles. The van der Waals surface area contributed by atoms with Crippen LogP contribution in [0, 0.1) is 11.6 Å². The molecular weight excluding hydrogens is 290 g/mol. The molecule has 2 rings (SSSR count). The first kappa shape index (κ1) is 12.1. The molecule has 2 N–H and O–H groups in total. The maximum Gasteiger partial charge on any atom is 0.146 e. The molecule has 2 aromatic rings. The summed E-state index contributed by atoms with van der Waals surface area (Å²) < 4.78 is 27.3. The minimum atomic E-state index is -0.718. The van der Waals surface area contributed by atoms with Crippen LogP contribution in [0.2, 0.25) is 0 Å². The molecule has 0 bridgehead atoms. The van der Waals surface area contributed by atoms with Gasteiger partial charge in [-0.15, -0.1) is 0 Å². The summed E-state index contributed by atoms with van der Waals surface area (Å²) in [6.07, 6.45) is 2.54. The summed E-state index contributed by atoms with van der Waals surface area (Å²) >= 11 is 3.17. The van der Waals surface area contributed by atoms with E-state index in [2.05, 4.69) is 20.9 Å². The standard InChI is InChI=1S/C12H9BrF2N2/c13-8-3-7(4-9(14)5-8)12(16)10-1-2-17-6-11(10)15/h1-6,12H,16H2. The molecule has 1 heterocycles. The van der Waals surface area contributed by atoms with Crippen molar-refractivity contribution in [2.45, 2.75) is 6.04 Å². The third kappa shape index (κ3) is 2.68. The Morgan fingerprint density at radius 2 is 2.00 bits per heavy atom. The van der Waals surface area contributed by atoms with Crippen LogP contribution in [0.15, 0.2) is 41.1 Å². The van der Waals surface area contributed by atoms with Gasteiger partial charge in [0.25, 0.3) is 0 Å². The van der Waals surface area contributed by atoms with Crippen molar-refractivity contribution in [2.24, 2.45) is 5.73 Å². The second-order valence-corrected chi connectivity index (χ2v) is 4.49. The lowest BCUT2D eigenvalue weighted by atomic mass is 10.0. The van der Waals surface area contributed by atoms with E-state index in [0.717, 1.165) is 6.20 Å². The zero-order valence-corrected chi connectivity index (χ0v) is 10.3. The SMILES string of the molecule is NC(c1cc(F)cc(Br)c1)c1ccncc1F. The zero-order valence-electron chi connectivity index (χ0n) is 8.70. The molecule has 1 aromatic carbocycles. The van der Waals surface area contributed by atoms with Gasteiger partial charge < -0.3 is 5.73 Å². The van der Waals surface area contributed by atoms with E-state index >= 15 is 0 Å². The van der Waals surface area contributed by atoms with Gasteiger partial charge in [-0.3, -0.25) is 4.98 Å². The fourth-order valence-electron chi connectivity index (χ4n) is 1.57. The highest BCUT2D eigenvalue weighted by molar-refractivity contribution is 9.10. The summed E-state index contributed by atoms with van der Waals surface area (Å²) in [6.45, 7) is 0. The molecule has 0 aliphatic heterocycles. The van der Waals surface area contributed by atoms with Gasteiger partial charge in [0, 0.05) is 16.2 Å². The third-order valence-electron chi connectivity index (χ3n) is 2.38. The number of halogens is 3.